The largest absolute Gasteiger partial charge is 0.493 e. The zero-order chi connectivity index (χ0) is 18.8. The monoisotopic (exact) mass is 379 g/mol. The number of benzene rings is 2. The second-order valence-electron chi connectivity index (χ2n) is 5.20. The van der Waals surface area contributed by atoms with E-state index >= 15 is 0 Å². The molecule has 1 aliphatic heterocycles. The molecule has 0 fully saturated rings. The molecule has 134 valence electrons. The average Bonchev–Trinajstić information content (AvgIpc) is 2.98. The maximum atomic E-state index is 13.4. The maximum absolute atomic E-state index is 13.4. The Morgan fingerprint density at radius 2 is 1.77 bits per heavy atom. The standard InChI is InChI=1S/C18H12ClF2NO4/c1-24-15-4-3-9(6-16(15)25-2)5-14-18(23)26-17(22-14)10-7-12(20)13(21)8-11(10)19/h3-8H,1-2H3/b14-5+. The molecule has 1 heterocycles. The Labute approximate surface area is 152 Å². The molecule has 5 nitrogen and oxygen atoms in total. The molecule has 3 rings (SSSR count). The SMILES string of the molecule is COc1ccc(/C=C2/N=C(c3cc(F)c(F)cc3Cl)OC2=O)cc1OC. The molecule has 0 unspecified atom stereocenters. The van der Waals surface area contributed by atoms with Crippen molar-refractivity contribution < 1.29 is 27.8 Å². The first-order chi connectivity index (χ1) is 12.4. The van der Waals surface area contributed by atoms with Crippen LogP contribution in [-0.4, -0.2) is 26.1 Å². The summed E-state index contributed by atoms with van der Waals surface area (Å²) in [7, 11) is 2.99. The van der Waals surface area contributed by atoms with Crippen LogP contribution in [-0.2, 0) is 9.53 Å². The number of carbonyl (C=O) groups is 1. The second-order valence-corrected chi connectivity index (χ2v) is 5.60. The van der Waals surface area contributed by atoms with Gasteiger partial charge in [-0.2, -0.15) is 0 Å². The molecule has 8 heteroatoms. The number of aliphatic imine (C=N–C) groups is 1. The first-order valence-corrected chi connectivity index (χ1v) is 7.70. The predicted molar refractivity (Wildman–Crippen MR) is 91.5 cm³/mol. The van der Waals surface area contributed by atoms with Gasteiger partial charge in [-0.1, -0.05) is 17.7 Å². The van der Waals surface area contributed by atoms with Gasteiger partial charge in [0, 0.05) is 0 Å². The summed E-state index contributed by atoms with van der Waals surface area (Å²) in [5.41, 5.74) is 0.568. The molecule has 26 heavy (non-hydrogen) atoms. The second kappa shape index (κ2) is 7.13. The van der Waals surface area contributed by atoms with Crippen molar-refractivity contribution >= 4 is 29.5 Å². The minimum Gasteiger partial charge on any atom is -0.493 e. The summed E-state index contributed by atoms with van der Waals surface area (Å²) >= 11 is 5.88. The van der Waals surface area contributed by atoms with Gasteiger partial charge < -0.3 is 14.2 Å². The summed E-state index contributed by atoms with van der Waals surface area (Å²) in [5, 5.41) is -0.122. The Hall–Kier alpha value is -2.93. The van der Waals surface area contributed by atoms with Crippen molar-refractivity contribution in [3.63, 3.8) is 0 Å². The molecule has 0 spiro atoms. The van der Waals surface area contributed by atoms with Gasteiger partial charge in [-0.15, -0.1) is 0 Å². The number of hydrogen-bond acceptors (Lipinski definition) is 5. The zero-order valence-corrected chi connectivity index (χ0v) is 14.4. The number of ether oxygens (including phenoxy) is 3. The molecule has 0 atom stereocenters. The molecule has 0 saturated carbocycles. The predicted octanol–water partition coefficient (Wildman–Crippen LogP) is 3.98. The van der Waals surface area contributed by atoms with Crippen molar-refractivity contribution in [2.45, 2.75) is 0 Å². The number of esters is 1. The molecule has 2 aromatic carbocycles. The Kier molecular flexibility index (Phi) is 4.90. The van der Waals surface area contributed by atoms with Crippen LogP contribution in [0.15, 0.2) is 41.0 Å². The molecular weight excluding hydrogens is 368 g/mol. The molecule has 0 aromatic heterocycles. The molecule has 0 N–H and O–H groups in total. The third kappa shape index (κ3) is 3.39. The normalized spacial score (nSPS) is 15.0. The van der Waals surface area contributed by atoms with Crippen molar-refractivity contribution in [3.8, 4) is 11.5 Å². The summed E-state index contributed by atoms with van der Waals surface area (Å²) in [6.45, 7) is 0. The van der Waals surface area contributed by atoms with Crippen LogP contribution >= 0.6 is 11.6 Å². The number of nitrogens with zero attached hydrogens (tertiary/aromatic N) is 1. The lowest BCUT2D eigenvalue weighted by molar-refractivity contribution is -0.129. The number of hydrogen-bond donors (Lipinski definition) is 0. The minimum absolute atomic E-state index is 0.0189. The maximum Gasteiger partial charge on any atom is 0.363 e. The lowest BCUT2D eigenvalue weighted by Gasteiger charge is -2.07. The van der Waals surface area contributed by atoms with Crippen LogP contribution in [0, 0.1) is 11.6 Å². The highest BCUT2D eigenvalue weighted by Gasteiger charge is 2.26. The number of cyclic esters (lactones) is 1. The van der Waals surface area contributed by atoms with Gasteiger partial charge in [-0.05, 0) is 35.9 Å². The van der Waals surface area contributed by atoms with Gasteiger partial charge >= 0.3 is 5.97 Å². The number of carbonyl (C=O) groups excluding carboxylic acids is 1. The fourth-order valence-corrected chi connectivity index (χ4v) is 2.54. The van der Waals surface area contributed by atoms with E-state index in [0.717, 1.165) is 12.1 Å². The Bertz CT molecular complexity index is 956. The van der Waals surface area contributed by atoms with Crippen molar-refractivity contribution in [3.05, 3.63) is 63.8 Å². The summed E-state index contributed by atoms with van der Waals surface area (Å²) < 4.78 is 42.0. The average molecular weight is 380 g/mol. The van der Waals surface area contributed by atoms with Gasteiger partial charge in [0.25, 0.3) is 0 Å². The van der Waals surface area contributed by atoms with Gasteiger partial charge in [-0.3, -0.25) is 0 Å². The summed E-state index contributed by atoms with van der Waals surface area (Å²) in [5.74, 6) is -2.17. The molecule has 0 saturated heterocycles. The number of rotatable bonds is 4. The Morgan fingerprint density at radius 3 is 2.46 bits per heavy atom. The number of halogens is 3. The van der Waals surface area contributed by atoms with Crippen molar-refractivity contribution in [2.75, 3.05) is 14.2 Å². The third-order valence-corrected chi connectivity index (χ3v) is 3.88. The molecule has 2 aromatic rings. The van der Waals surface area contributed by atoms with Crippen molar-refractivity contribution in [1.82, 2.24) is 0 Å². The highest BCUT2D eigenvalue weighted by atomic mass is 35.5. The van der Waals surface area contributed by atoms with Crippen LogP contribution < -0.4 is 9.47 Å². The molecule has 0 radical (unpaired) electrons. The van der Waals surface area contributed by atoms with Gasteiger partial charge in [0.2, 0.25) is 5.90 Å². The first-order valence-electron chi connectivity index (χ1n) is 7.32. The van der Waals surface area contributed by atoms with Crippen LogP contribution in [0.5, 0.6) is 11.5 Å². The van der Waals surface area contributed by atoms with Crippen LogP contribution in [0.4, 0.5) is 8.78 Å². The summed E-state index contributed by atoms with van der Waals surface area (Å²) in [6.07, 6.45) is 1.46. The van der Waals surface area contributed by atoms with Crippen LogP contribution in [0.2, 0.25) is 5.02 Å². The van der Waals surface area contributed by atoms with E-state index in [4.69, 9.17) is 25.8 Å². The lowest BCUT2D eigenvalue weighted by Crippen LogP contribution is -2.07. The van der Waals surface area contributed by atoms with E-state index < -0.39 is 17.6 Å². The number of methoxy groups -OCH3 is 2. The highest BCUT2D eigenvalue weighted by Crippen LogP contribution is 2.30. The summed E-state index contributed by atoms with van der Waals surface area (Å²) in [4.78, 5) is 16.1. The van der Waals surface area contributed by atoms with Crippen molar-refractivity contribution in [2.24, 2.45) is 4.99 Å². The van der Waals surface area contributed by atoms with Crippen LogP contribution in [0.25, 0.3) is 6.08 Å². The van der Waals surface area contributed by atoms with E-state index in [0.29, 0.717) is 17.1 Å². The fourth-order valence-electron chi connectivity index (χ4n) is 2.31. The summed E-state index contributed by atoms with van der Waals surface area (Å²) in [6, 6.07) is 6.63. The van der Waals surface area contributed by atoms with Gasteiger partial charge in [-0.25, -0.2) is 18.6 Å². The Morgan fingerprint density at radius 1 is 1.08 bits per heavy atom. The van der Waals surface area contributed by atoms with Gasteiger partial charge in [0.1, 0.15) is 0 Å². The fraction of sp³-hybridized carbons (Fsp3) is 0.111. The van der Waals surface area contributed by atoms with E-state index in [2.05, 4.69) is 4.99 Å². The van der Waals surface area contributed by atoms with Gasteiger partial charge in [0.05, 0.1) is 24.8 Å². The third-order valence-electron chi connectivity index (χ3n) is 3.57. The topological polar surface area (TPSA) is 57.1 Å². The molecule has 1 aliphatic rings. The Balaban J connectivity index is 1.98. The van der Waals surface area contributed by atoms with E-state index in [1.807, 2.05) is 0 Å². The van der Waals surface area contributed by atoms with Crippen molar-refractivity contribution in [1.29, 1.82) is 0 Å². The highest BCUT2D eigenvalue weighted by molar-refractivity contribution is 6.34. The van der Waals surface area contributed by atoms with E-state index in [-0.39, 0.29) is 22.2 Å². The zero-order valence-electron chi connectivity index (χ0n) is 13.7. The molecule has 0 amide bonds. The van der Waals surface area contributed by atoms with E-state index in [9.17, 15) is 13.6 Å². The smallest absolute Gasteiger partial charge is 0.363 e. The van der Waals surface area contributed by atoms with Crippen LogP contribution in [0.3, 0.4) is 0 Å². The van der Waals surface area contributed by atoms with E-state index in [1.54, 1.807) is 18.2 Å². The van der Waals surface area contributed by atoms with Gasteiger partial charge in [0.15, 0.2) is 28.8 Å². The molecule has 0 aliphatic carbocycles. The lowest BCUT2D eigenvalue weighted by atomic mass is 10.1. The molecular formula is C18H12ClF2NO4. The van der Waals surface area contributed by atoms with E-state index in [1.165, 1.54) is 20.3 Å². The molecule has 0 bridgehead atoms. The van der Waals surface area contributed by atoms with Crippen LogP contribution in [0.1, 0.15) is 11.1 Å². The first kappa shape index (κ1) is 17.9. The minimum atomic E-state index is -1.12. The quantitative estimate of drug-likeness (QED) is 0.458.